The molecular weight excluding hydrogens is 777 g/mol. The van der Waals surface area contributed by atoms with E-state index in [0.29, 0.717) is 13.0 Å². The fourth-order valence-corrected chi connectivity index (χ4v) is 10.1. The minimum atomic E-state index is 0.0369. The van der Waals surface area contributed by atoms with Crippen molar-refractivity contribution < 1.29 is 9.53 Å². The van der Waals surface area contributed by atoms with Crippen LogP contribution in [0.1, 0.15) is 386 Å². The van der Waals surface area contributed by atoms with Crippen LogP contribution in [0.3, 0.4) is 0 Å². The third-order valence-electron chi connectivity index (χ3n) is 14.7. The van der Waals surface area contributed by atoms with Gasteiger partial charge in [-0.1, -0.05) is 367 Å². The second-order valence-corrected chi connectivity index (χ2v) is 21.4. The minimum Gasteiger partial charge on any atom is -0.466 e. The van der Waals surface area contributed by atoms with Crippen molar-refractivity contribution in [3.63, 3.8) is 0 Å². The van der Waals surface area contributed by atoms with Crippen LogP contribution in [0.2, 0.25) is 0 Å². The van der Waals surface area contributed by atoms with Gasteiger partial charge in [0.2, 0.25) is 0 Å². The van der Waals surface area contributed by atoms with E-state index in [2.05, 4.69) is 13.8 Å². The monoisotopic (exact) mass is 901 g/mol. The van der Waals surface area contributed by atoms with Crippen LogP contribution in [0.4, 0.5) is 0 Å². The number of unbranched alkanes of at least 4 members (excludes halogenated alkanes) is 55. The molecule has 0 rings (SSSR count). The summed E-state index contributed by atoms with van der Waals surface area (Å²) in [5, 5.41) is 0. The Balaban J connectivity index is 3.14. The molecule has 0 unspecified atom stereocenters. The average molecular weight is 902 g/mol. The highest BCUT2D eigenvalue weighted by Gasteiger charge is 2.04. The second-order valence-electron chi connectivity index (χ2n) is 21.4. The van der Waals surface area contributed by atoms with Crippen LogP contribution in [0.15, 0.2) is 0 Å². The molecule has 0 bridgehead atoms. The van der Waals surface area contributed by atoms with Gasteiger partial charge in [0, 0.05) is 6.42 Å². The number of rotatable bonds is 59. The Morgan fingerprint density at radius 2 is 0.344 bits per heavy atom. The zero-order chi connectivity index (χ0) is 46.0. The van der Waals surface area contributed by atoms with Crippen molar-refractivity contribution in [2.45, 2.75) is 386 Å². The third-order valence-corrected chi connectivity index (χ3v) is 14.7. The number of esters is 1. The maximum atomic E-state index is 12.1. The fraction of sp³-hybridized carbons (Fsp3) is 0.984. The van der Waals surface area contributed by atoms with Crippen molar-refractivity contribution in [1.29, 1.82) is 0 Å². The number of hydrogen-bond acceptors (Lipinski definition) is 2. The van der Waals surface area contributed by atoms with E-state index in [0.717, 1.165) is 12.8 Å². The lowest BCUT2D eigenvalue weighted by Gasteiger charge is -2.06. The van der Waals surface area contributed by atoms with Crippen molar-refractivity contribution in [1.82, 2.24) is 0 Å². The van der Waals surface area contributed by atoms with E-state index in [9.17, 15) is 4.79 Å². The van der Waals surface area contributed by atoms with E-state index in [1.807, 2.05) is 0 Å². The number of ether oxygens (including phenoxy) is 1. The largest absolute Gasteiger partial charge is 0.466 e. The van der Waals surface area contributed by atoms with Crippen molar-refractivity contribution in [3.8, 4) is 0 Å². The van der Waals surface area contributed by atoms with Crippen molar-refractivity contribution in [2.24, 2.45) is 0 Å². The van der Waals surface area contributed by atoms with Gasteiger partial charge in [-0.05, 0) is 12.8 Å². The Labute approximate surface area is 406 Å². The average Bonchev–Trinajstić information content (AvgIpc) is 3.30. The van der Waals surface area contributed by atoms with Gasteiger partial charge in [-0.15, -0.1) is 0 Å². The predicted molar refractivity (Wildman–Crippen MR) is 290 cm³/mol. The minimum absolute atomic E-state index is 0.0369. The molecule has 2 heteroatoms. The Bertz CT molecular complexity index is 807. The molecule has 2 nitrogen and oxygen atoms in total. The summed E-state index contributed by atoms with van der Waals surface area (Å²) in [6, 6.07) is 0. The molecule has 0 fully saturated rings. The first kappa shape index (κ1) is 63.5. The van der Waals surface area contributed by atoms with Crippen molar-refractivity contribution >= 4 is 5.97 Å². The van der Waals surface area contributed by atoms with Crippen LogP contribution in [0, 0.1) is 0 Å². The van der Waals surface area contributed by atoms with Crippen LogP contribution in [0.25, 0.3) is 0 Å². The number of hydrogen-bond donors (Lipinski definition) is 0. The smallest absolute Gasteiger partial charge is 0.305 e. The molecule has 0 aromatic heterocycles. The third kappa shape index (κ3) is 59.5. The molecule has 0 aromatic carbocycles. The highest BCUT2D eigenvalue weighted by molar-refractivity contribution is 5.69. The van der Waals surface area contributed by atoms with Gasteiger partial charge in [0.1, 0.15) is 0 Å². The molecule has 0 aromatic rings. The second kappa shape index (κ2) is 60.5. The van der Waals surface area contributed by atoms with Gasteiger partial charge in [-0.25, -0.2) is 0 Å². The van der Waals surface area contributed by atoms with E-state index in [1.165, 1.54) is 353 Å². The standard InChI is InChI=1S/C62H124O2/c1-3-5-7-9-11-13-15-17-19-21-23-25-27-29-30-31-32-33-34-35-37-39-41-43-45-47-49-51-53-55-57-59-61-64-62(63)60-58-56-54-52-50-48-46-44-42-40-38-36-28-26-24-22-20-18-16-14-12-10-8-6-4-2/h3-61H2,1-2H3. The molecule has 0 amide bonds. The summed E-state index contributed by atoms with van der Waals surface area (Å²) in [7, 11) is 0. The van der Waals surface area contributed by atoms with Gasteiger partial charge >= 0.3 is 5.97 Å². The Hall–Kier alpha value is -0.530. The summed E-state index contributed by atoms with van der Waals surface area (Å²) in [5.41, 5.74) is 0. The molecule has 0 saturated heterocycles. The SMILES string of the molecule is CCCCCCCCCCCCCCCCCCCCCCCCCCCCCCCCCCOC(=O)CCCCCCCCCCCCCCCCCCCCCCCCCCC. The molecule has 0 N–H and O–H groups in total. The Kier molecular flexibility index (Phi) is 60.0. The summed E-state index contributed by atoms with van der Waals surface area (Å²) in [4.78, 5) is 12.1. The normalized spacial score (nSPS) is 11.6. The van der Waals surface area contributed by atoms with E-state index < -0.39 is 0 Å². The molecule has 0 saturated carbocycles. The fourth-order valence-electron chi connectivity index (χ4n) is 10.1. The van der Waals surface area contributed by atoms with Crippen molar-refractivity contribution in [2.75, 3.05) is 6.61 Å². The summed E-state index contributed by atoms with van der Waals surface area (Å²) >= 11 is 0. The first-order valence-corrected chi connectivity index (χ1v) is 31.0. The highest BCUT2D eigenvalue weighted by Crippen LogP contribution is 2.19. The van der Waals surface area contributed by atoms with E-state index in [4.69, 9.17) is 4.74 Å². The topological polar surface area (TPSA) is 26.3 Å². The zero-order valence-corrected chi connectivity index (χ0v) is 45.0. The van der Waals surface area contributed by atoms with Crippen LogP contribution in [-0.2, 0) is 9.53 Å². The molecule has 0 aliphatic heterocycles. The zero-order valence-electron chi connectivity index (χ0n) is 45.0. The highest BCUT2D eigenvalue weighted by atomic mass is 16.5. The molecule has 0 radical (unpaired) electrons. The molecule has 0 heterocycles. The lowest BCUT2D eigenvalue weighted by atomic mass is 10.0. The molecule has 0 atom stereocenters. The molecule has 0 spiro atoms. The summed E-state index contributed by atoms with van der Waals surface area (Å²) < 4.78 is 5.52. The molecule has 0 aliphatic carbocycles. The maximum Gasteiger partial charge on any atom is 0.305 e. The Morgan fingerprint density at radius 1 is 0.203 bits per heavy atom. The molecule has 0 aliphatic rings. The summed E-state index contributed by atoms with van der Waals surface area (Å²) in [6.07, 6.45) is 81.7. The van der Waals surface area contributed by atoms with E-state index >= 15 is 0 Å². The molecule has 64 heavy (non-hydrogen) atoms. The predicted octanol–water partition coefficient (Wildman–Crippen LogP) is 23.2. The Morgan fingerprint density at radius 3 is 0.516 bits per heavy atom. The maximum absolute atomic E-state index is 12.1. The van der Waals surface area contributed by atoms with Crippen LogP contribution < -0.4 is 0 Å². The number of carbonyl (C=O) groups excluding carboxylic acids is 1. The van der Waals surface area contributed by atoms with Crippen LogP contribution >= 0.6 is 0 Å². The van der Waals surface area contributed by atoms with Gasteiger partial charge < -0.3 is 4.74 Å². The van der Waals surface area contributed by atoms with Crippen LogP contribution in [0.5, 0.6) is 0 Å². The van der Waals surface area contributed by atoms with Gasteiger partial charge in [0.15, 0.2) is 0 Å². The summed E-state index contributed by atoms with van der Waals surface area (Å²) in [5.74, 6) is 0.0369. The van der Waals surface area contributed by atoms with E-state index in [-0.39, 0.29) is 5.97 Å². The lowest BCUT2D eigenvalue weighted by molar-refractivity contribution is -0.143. The molecule has 384 valence electrons. The first-order chi connectivity index (χ1) is 31.8. The summed E-state index contributed by atoms with van der Waals surface area (Å²) in [6.45, 7) is 5.25. The van der Waals surface area contributed by atoms with E-state index in [1.54, 1.807) is 0 Å². The van der Waals surface area contributed by atoms with Gasteiger partial charge in [0.05, 0.1) is 6.61 Å². The number of carbonyl (C=O) groups is 1. The van der Waals surface area contributed by atoms with Crippen LogP contribution in [-0.4, -0.2) is 12.6 Å². The first-order valence-electron chi connectivity index (χ1n) is 31.0. The molecular formula is C62H124O2. The van der Waals surface area contributed by atoms with Gasteiger partial charge in [0.25, 0.3) is 0 Å². The van der Waals surface area contributed by atoms with Gasteiger partial charge in [-0.2, -0.15) is 0 Å². The van der Waals surface area contributed by atoms with Crippen molar-refractivity contribution in [3.05, 3.63) is 0 Å². The van der Waals surface area contributed by atoms with Gasteiger partial charge in [-0.3, -0.25) is 4.79 Å². The quantitative estimate of drug-likeness (QED) is 0.0449. The lowest BCUT2D eigenvalue weighted by Crippen LogP contribution is -2.05.